The van der Waals surface area contributed by atoms with Crippen molar-refractivity contribution in [3.8, 4) is 28.2 Å². The van der Waals surface area contributed by atoms with E-state index in [1.807, 2.05) is 29.3 Å². The maximum Gasteiger partial charge on any atom is 0.0963 e. The molecule has 0 unspecified atom stereocenters. The number of hydrogen-bond acceptors (Lipinski definition) is 3. The van der Waals surface area contributed by atoms with E-state index in [0.29, 0.717) is 6.04 Å². The number of benzene rings is 2. The minimum atomic E-state index is 0.429. The maximum atomic E-state index is 4.81. The van der Waals surface area contributed by atoms with Gasteiger partial charge in [0, 0.05) is 36.1 Å². The summed E-state index contributed by atoms with van der Waals surface area (Å²) in [5, 5.41) is 7.84. The van der Waals surface area contributed by atoms with Crippen molar-refractivity contribution in [3.63, 3.8) is 0 Å². The molecular weight excluding hydrogens is 334 g/mol. The van der Waals surface area contributed by atoms with Crippen LogP contribution in [0.5, 0.6) is 0 Å². The number of aromatic nitrogens is 4. The molecule has 27 heavy (non-hydrogen) atoms. The van der Waals surface area contributed by atoms with E-state index in [-0.39, 0.29) is 0 Å². The largest absolute Gasteiger partial charge is 0.326 e. The van der Waals surface area contributed by atoms with Crippen molar-refractivity contribution in [1.82, 2.24) is 24.6 Å². The van der Waals surface area contributed by atoms with Gasteiger partial charge in [-0.05, 0) is 31.2 Å². The van der Waals surface area contributed by atoms with Crippen molar-refractivity contribution in [1.29, 1.82) is 0 Å². The van der Waals surface area contributed by atoms with E-state index in [4.69, 9.17) is 4.98 Å². The fourth-order valence-corrected chi connectivity index (χ4v) is 3.83. The first-order chi connectivity index (χ1) is 13.4. The Labute approximate surface area is 158 Å². The lowest BCUT2D eigenvalue weighted by molar-refractivity contribution is 0.551. The van der Waals surface area contributed by atoms with Gasteiger partial charge in [-0.1, -0.05) is 42.5 Å². The number of nitrogens with zero attached hydrogens (tertiary/aromatic N) is 4. The minimum absolute atomic E-state index is 0.429. The second-order valence-electron chi connectivity index (χ2n) is 6.86. The van der Waals surface area contributed by atoms with Gasteiger partial charge in [0.25, 0.3) is 0 Å². The molecule has 0 bridgehead atoms. The zero-order valence-corrected chi connectivity index (χ0v) is 15.0. The lowest BCUT2D eigenvalue weighted by Crippen LogP contribution is -2.13. The first kappa shape index (κ1) is 16.0. The molecule has 1 fully saturated rings. The van der Waals surface area contributed by atoms with Crippen LogP contribution in [0.3, 0.4) is 0 Å². The Kier molecular flexibility index (Phi) is 4.07. The third-order valence-corrected chi connectivity index (χ3v) is 5.16. The van der Waals surface area contributed by atoms with Gasteiger partial charge in [0.1, 0.15) is 0 Å². The monoisotopic (exact) mass is 355 g/mol. The third-order valence-electron chi connectivity index (χ3n) is 5.16. The van der Waals surface area contributed by atoms with Crippen molar-refractivity contribution >= 4 is 0 Å². The average Bonchev–Trinajstić information content (AvgIpc) is 3.50. The van der Waals surface area contributed by atoms with Crippen LogP contribution in [0.2, 0.25) is 0 Å². The molecule has 0 aliphatic carbocycles. The van der Waals surface area contributed by atoms with Gasteiger partial charge in [-0.25, -0.2) is 9.67 Å². The van der Waals surface area contributed by atoms with Crippen LogP contribution in [-0.2, 0) is 0 Å². The second kappa shape index (κ2) is 6.85. The normalized spacial score (nSPS) is 16.7. The number of imidazole rings is 1. The van der Waals surface area contributed by atoms with Gasteiger partial charge in [-0.15, -0.1) is 0 Å². The van der Waals surface area contributed by atoms with Crippen LogP contribution in [0.25, 0.3) is 28.2 Å². The predicted molar refractivity (Wildman–Crippen MR) is 107 cm³/mol. The summed E-state index contributed by atoms with van der Waals surface area (Å²) in [5.41, 5.74) is 5.55. The minimum Gasteiger partial charge on any atom is -0.326 e. The molecule has 4 aromatic rings. The van der Waals surface area contributed by atoms with Crippen LogP contribution >= 0.6 is 0 Å². The molecule has 0 amide bonds. The summed E-state index contributed by atoms with van der Waals surface area (Å²) in [5.74, 6) is 0. The topological polar surface area (TPSA) is 47.7 Å². The fourth-order valence-electron chi connectivity index (χ4n) is 3.83. The summed E-state index contributed by atoms with van der Waals surface area (Å²) in [6, 6.07) is 21.3. The zero-order valence-electron chi connectivity index (χ0n) is 15.0. The molecule has 0 spiro atoms. The fraction of sp³-hybridized carbons (Fsp3) is 0.182. The SMILES string of the molecule is c1ccc(-c2ncn([C@H]3CCNC3)c2-c2cccc(-n3cccn3)c2)cc1. The molecule has 134 valence electrons. The van der Waals surface area contributed by atoms with E-state index >= 15 is 0 Å². The molecule has 1 saturated heterocycles. The molecule has 0 saturated carbocycles. The van der Waals surface area contributed by atoms with Gasteiger partial charge >= 0.3 is 0 Å². The van der Waals surface area contributed by atoms with E-state index in [1.54, 1.807) is 6.20 Å². The molecule has 2 aromatic heterocycles. The predicted octanol–water partition coefficient (Wildman–Crippen LogP) is 3.94. The van der Waals surface area contributed by atoms with E-state index in [1.165, 1.54) is 5.69 Å². The second-order valence-corrected chi connectivity index (χ2v) is 6.86. The summed E-state index contributed by atoms with van der Waals surface area (Å²) in [4.78, 5) is 4.81. The highest BCUT2D eigenvalue weighted by molar-refractivity contribution is 5.79. The first-order valence-electron chi connectivity index (χ1n) is 9.33. The van der Waals surface area contributed by atoms with Gasteiger partial charge in [0.2, 0.25) is 0 Å². The van der Waals surface area contributed by atoms with Gasteiger partial charge in [0.05, 0.1) is 23.4 Å². The lowest BCUT2D eigenvalue weighted by atomic mass is 10.0. The Hall–Kier alpha value is -3.18. The molecule has 1 N–H and O–H groups in total. The Morgan fingerprint density at radius 1 is 0.963 bits per heavy atom. The third kappa shape index (κ3) is 2.96. The molecular formula is C22H21N5. The standard InChI is InChI=1S/C22H21N5/c1-2-6-17(7-3-1)21-22(26(16-24-21)20-10-12-23-15-20)18-8-4-9-19(14-18)27-13-5-11-25-27/h1-9,11,13-14,16,20,23H,10,12,15H2/t20-/m0/s1. The maximum absolute atomic E-state index is 4.81. The van der Waals surface area contributed by atoms with Crippen LogP contribution in [0.15, 0.2) is 79.4 Å². The molecule has 1 aliphatic rings. The van der Waals surface area contributed by atoms with E-state index < -0.39 is 0 Å². The Morgan fingerprint density at radius 3 is 2.63 bits per heavy atom. The molecule has 1 atom stereocenters. The molecule has 1 aliphatic heterocycles. The van der Waals surface area contributed by atoms with Crippen molar-refractivity contribution < 1.29 is 0 Å². The molecule has 3 heterocycles. The molecule has 5 rings (SSSR count). The van der Waals surface area contributed by atoms with E-state index in [2.05, 4.69) is 63.5 Å². The number of nitrogens with one attached hydrogen (secondary N) is 1. The van der Waals surface area contributed by atoms with Crippen molar-refractivity contribution in [2.75, 3.05) is 13.1 Å². The number of hydrogen-bond donors (Lipinski definition) is 1. The summed E-state index contributed by atoms with van der Waals surface area (Å²) in [7, 11) is 0. The van der Waals surface area contributed by atoms with E-state index in [9.17, 15) is 0 Å². The van der Waals surface area contributed by atoms with Crippen LogP contribution < -0.4 is 5.32 Å². The van der Waals surface area contributed by atoms with Crippen molar-refractivity contribution in [2.24, 2.45) is 0 Å². The quantitative estimate of drug-likeness (QED) is 0.603. The zero-order chi connectivity index (χ0) is 18.1. The van der Waals surface area contributed by atoms with Gasteiger partial charge in [-0.2, -0.15) is 5.10 Å². The van der Waals surface area contributed by atoms with Crippen LogP contribution in [0.1, 0.15) is 12.5 Å². The Bertz CT molecular complexity index is 1030. The highest BCUT2D eigenvalue weighted by atomic mass is 15.3. The Morgan fingerprint density at radius 2 is 1.85 bits per heavy atom. The summed E-state index contributed by atoms with van der Waals surface area (Å²) in [6.07, 6.45) is 6.89. The van der Waals surface area contributed by atoms with Crippen LogP contribution in [-0.4, -0.2) is 32.4 Å². The van der Waals surface area contributed by atoms with E-state index in [0.717, 1.165) is 42.0 Å². The van der Waals surface area contributed by atoms with Crippen LogP contribution in [0.4, 0.5) is 0 Å². The summed E-state index contributed by atoms with van der Waals surface area (Å²) < 4.78 is 4.23. The summed E-state index contributed by atoms with van der Waals surface area (Å²) >= 11 is 0. The van der Waals surface area contributed by atoms with Crippen LogP contribution in [0, 0.1) is 0 Å². The smallest absolute Gasteiger partial charge is 0.0963 e. The molecule has 2 aromatic carbocycles. The first-order valence-corrected chi connectivity index (χ1v) is 9.33. The molecule has 5 heteroatoms. The molecule has 5 nitrogen and oxygen atoms in total. The van der Waals surface area contributed by atoms with Gasteiger partial charge < -0.3 is 9.88 Å². The van der Waals surface area contributed by atoms with Crippen molar-refractivity contribution in [3.05, 3.63) is 79.4 Å². The van der Waals surface area contributed by atoms with Crippen molar-refractivity contribution in [2.45, 2.75) is 12.5 Å². The van der Waals surface area contributed by atoms with Gasteiger partial charge in [-0.3, -0.25) is 0 Å². The summed E-state index contributed by atoms with van der Waals surface area (Å²) in [6.45, 7) is 2.03. The average molecular weight is 355 g/mol. The molecule has 0 radical (unpaired) electrons. The highest BCUT2D eigenvalue weighted by Crippen LogP contribution is 2.35. The Balaban J connectivity index is 1.68. The van der Waals surface area contributed by atoms with Gasteiger partial charge in [0.15, 0.2) is 0 Å². The highest BCUT2D eigenvalue weighted by Gasteiger charge is 2.23. The number of rotatable bonds is 4. The lowest BCUT2D eigenvalue weighted by Gasteiger charge is -2.17.